The molecule has 2 aromatic rings. The molecule has 0 radical (unpaired) electrons. The highest BCUT2D eigenvalue weighted by molar-refractivity contribution is 9.10. The van der Waals surface area contributed by atoms with Crippen LogP contribution in [0.15, 0.2) is 39.2 Å². The highest BCUT2D eigenvalue weighted by Crippen LogP contribution is 2.27. The van der Waals surface area contributed by atoms with E-state index in [0.717, 1.165) is 12.2 Å². The molecule has 0 saturated carbocycles. The Kier molecular flexibility index (Phi) is 3.64. The van der Waals surface area contributed by atoms with E-state index in [1.54, 1.807) is 18.2 Å². The quantitative estimate of drug-likeness (QED) is 0.934. The highest BCUT2D eigenvalue weighted by Gasteiger charge is 2.15. The van der Waals surface area contributed by atoms with E-state index >= 15 is 0 Å². The zero-order valence-electron chi connectivity index (χ0n) is 9.28. The molecule has 4 heteroatoms. The van der Waals surface area contributed by atoms with Gasteiger partial charge < -0.3 is 9.52 Å². The molecule has 1 atom stereocenters. The van der Waals surface area contributed by atoms with Crippen molar-refractivity contribution < 1.29 is 13.9 Å². The van der Waals surface area contributed by atoms with Crippen molar-refractivity contribution in [2.24, 2.45) is 0 Å². The Morgan fingerprint density at radius 2 is 2.12 bits per heavy atom. The lowest BCUT2D eigenvalue weighted by Gasteiger charge is -2.08. The summed E-state index contributed by atoms with van der Waals surface area (Å²) in [5, 5.41) is 10.1. The number of aryl methyl sites for hydroxylation is 1. The topological polar surface area (TPSA) is 33.4 Å². The number of hydrogen-bond acceptors (Lipinski definition) is 2. The summed E-state index contributed by atoms with van der Waals surface area (Å²) in [5.74, 6) is 0.940. The third-order valence-electron chi connectivity index (χ3n) is 2.56. The average Bonchev–Trinajstić information content (AvgIpc) is 2.80. The maximum atomic E-state index is 13.1. The molecule has 1 N–H and O–H groups in total. The minimum Gasteiger partial charge on any atom is -0.463 e. The van der Waals surface area contributed by atoms with Gasteiger partial charge in [0, 0.05) is 6.42 Å². The lowest BCUT2D eigenvalue weighted by molar-refractivity contribution is 0.187. The second kappa shape index (κ2) is 5.02. The van der Waals surface area contributed by atoms with E-state index < -0.39 is 6.10 Å². The lowest BCUT2D eigenvalue weighted by Crippen LogP contribution is -1.98. The maximum Gasteiger partial charge on any atom is 0.137 e. The van der Waals surface area contributed by atoms with E-state index in [4.69, 9.17) is 4.42 Å². The molecule has 0 aliphatic heterocycles. The second-order valence-corrected chi connectivity index (χ2v) is 4.59. The number of rotatable bonds is 3. The Balaban J connectivity index is 2.29. The van der Waals surface area contributed by atoms with Crippen LogP contribution in [0, 0.1) is 5.82 Å². The van der Waals surface area contributed by atoms with Crippen LogP contribution < -0.4 is 0 Å². The van der Waals surface area contributed by atoms with E-state index in [9.17, 15) is 9.50 Å². The molecule has 0 aliphatic rings. The van der Waals surface area contributed by atoms with Crippen molar-refractivity contribution in [1.29, 1.82) is 0 Å². The average molecular weight is 299 g/mol. The Bertz CT molecular complexity index is 522. The first-order valence-electron chi connectivity index (χ1n) is 5.33. The fraction of sp³-hybridized carbons (Fsp3) is 0.231. The molecule has 0 fully saturated rings. The van der Waals surface area contributed by atoms with E-state index in [-0.39, 0.29) is 5.82 Å². The fourth-order valence-corrected chi connectivity index (χ4v) is 1.97. The Hall–Kier alpha value is -1.13. The zero-order chi connectivity index (χ0) is 12.4. The smallest absolute Gasteiger partial charge is 0.137 e. The number of hydrogen-bond donors (Lipinski definition) is 1. The van der Waals surface area contributed by atoms with Gasteiger partial charge in [0.1, 0.15) is 23.4 Å². The highest BCUT2D eigenvalue weighted by atomic mass is 79.9. The van der Waals surface area contributed by atoms with Crippen LogP contribution in [0.2, 0.25) is 0 Å². The summed E-state index contributed by atoms with van der Waals surface area (Å²) in [6.45, 7) is 1.98. The molecule has 1 heterocycles. The molecule has 1 unspecified atom stereocenters. The van der Waals surface area contributed by atoms with Crippen LogP contribution in [-0.4, -0.2) is 5.11 Å². The monoisotopic (exact) mass is 298 g/mol. The Morgan fingerprint density at radius 1 is 1.35 bits per heavy atom. The normalized spacial score (nSPS) is 12.7. The van der Waals surface area contributed by atoms with E-state index in [0.29, 0.717) is 15.8 Å². The van der Waals surface area contributed by atoms with E-state index in [1.807, 2.05) is 13.0 Å². The van der Waals surface area contributed by atoms with Crippen LogP contribution >= 0.6 is 15.9 Å². The standard InChI is InChI=1S/C13H12BrFO2/c1-2-9-4-6-12(17-9)13(16)8-3-5-11(15)10(14)7-8/h3-7,13,16H,2H2,1H3. The first-order chi connectivity index (χ1) is 8.11. The van der Waals surface area contributed by atoms with Crippen molar-refractivity contribution in [3.63, 3.8) is 0 Å². The third kappa shape index (κ3) is 2.58. The van der Waals surface area contributed by atoms with E-state index in [1.165, 1.54) is 6.07 Å². The molecule has 1 aromatic carbocycles. The molecule has 2 nitrogen and oxygen atoms in total. The van der Waals surface area contributed by atoms with Gasteiger partial charge in [-0.1, -0.05) is 13.0 Å². The van der Waals surface area contributed by atoms with Gasteiger partial charge in [0.15, 0.2) is 0 Å². The summed E-state index contributed by atoms with van der Waals surface area (Å²) in [6.07, 6.45) is -0.0907. The van der Waals surface area contributed by atoms with Gasteiger partial charge in [-0.05, 0) is 45.8 Å². The summed E-state index contributed by atoms with van der Waals surface area (Å²) in [4.78, 5) is 0. The number of furan rings is 1. The van der Waals surface area contributed by atoms with Gasteiger partial charge in [0.05, 0.1) is 4.47 Å². The summed E-state index contributed by atoms with van der Waals surface area (Å²) < 4.78 is 18.9. The van der Waals surface area contributed by atoms with Crippen LogP contribution in [-0.2, 0) is 6.42 Å². The fourth-order valence-electron chi connectivity index (χ4n) is 1.58. The lowest BCUT2D eigenvalue weighted by atomic mass is 10.1. The van der Waals surface area contributed by atoms with Crippen LogP contribution in [0.1, 0.15) is 30.1 Å². The predicted octanol–water partition coefficient (Wildman–Crippen LogP) is 3.83. The summed E-state index contributed by atoms with van der Waals surface area (Å²) in [5.41, 5.74) is 0.593. The molecule has 90 valence electrons. The number of halogens is 2. The molecule has 17 heavy (non-hydrogen) atoms. The summed E-state index contributed by atoms with van der Waals surface area (Å²) in [6, 6.07) is 7.97. The molecule has 0 aliphatic carbocycles. The van der Waals surface area contributed by atoms with Crippen molar-refractivity contribution in [3.05, 3.63) is 57.7 Å². The van der Waals surface area contributed by atoms with Crippen LogP contribution in [0.4, 0.5) is 4.39 Å². The van der Waals surface area contributed by atoms with Crippen LogP contribution in [0.5, 0.6) is 0 Å². The molecular weight excluding hydrogens is 287 g/mol. The van der Waals surface area contributed by atoms with Gasteiger partial charge >= 0.3 is 0 Å². The van der Waals surface area contributed by atoms with Crippen molar-refractivity contribution >= 4 is 15.9 Å². The van der Waals surface area contributed by atoms with Crippen molar-refractivity contribution in [1.82, 2.24) is 0 Å². The Labute approximate surface area is 107 Å². The van der Waals surface area contributed by atoms with Gasteiger partial charge in [-0.25, -0.2) is 4.39 Å². The van der Waals surface area contributed by atoms with Crippen molar-refractivity contribution in [3.8, 4) is 0 Å². The second-order valence-electron chi connectivity index (χ2n) is 3.73. The number of aliphatic hydroxyl groups is 1. The first-order valence-corrected chi connectivity index (χ1v) is 6.12. The van der Waals surface area contributed by atoms with Gasteiger partial charge in [0.2, 0.25) is 0 Å². The Morgan fingerprint density at radius 3 is 2.71 bits per heavy atom. The van der Waals surface area contributed by atoms with E-state index in [2.05, 4.69) is 15.9 Å². The van der Waals surface area contributed by atoms with Crippen LogP contribution in [0.3, 0.4) is 0 Å². The third-order valence-corrected chi connectivity index (χ3v) is 3.17. The van der Waals surface area contributed by atoms with Gasteiger partial charge in [-0.3, -0.25) is 0 Å². The molecular formula is C13H12BrFO2. The predicted molar refractivity (Wildman–Crippen MR) is 66.2 cm³/mol. The van der Waals surface area contributed by atoms with Gasteiger partial charge in [-0.15, -0.1) is 0 Å². The van der Waals surface area contributed by atoms with Crippen molar-refractivity contribution in [2.75, 3.05) is 0 Å². The first kappa shape index (κ1) is 12.3. The summed E-state index contributed by atoms with van der Waals surface area (Å²) in [7, 11) is 0. The number of aliphatic hydroxyl groups excluding tert-OH is 1. The molecule has 0 spiro atoms. The molecule has 2 rings (SSSR count). The number of benzene rings is 1. The van der Waals surface area contributed by atoms with Gasteiger partial charge in [-0.2, -0.15) is 0 Å². The minimum absolute atomic E-state index is 0.330. The minimum atomic E-state index is -0.868. The van der Waals surface area contributed by atoms with Crippen LogP contribution in [0.25, 0.3) is 0 Å². The molecule has 0 amide bonds. The molecule has 1 aromatic heterocycles. The maximum absolute atomic E-state index is 13.1. The van der Waals surface area contributed by atoms with Crippen molar-refractivity contribution in [2.45, 2.75) is 19.4 Å². The van der Waals surface area contributed by atoms with Gasteiger partial charge in [0.25, 0.3) is 0 Å². The zero-order valence-corrected chi connectivity index (χ0v) is 10.9. The SMILES string of the molecule is CCc1ccc(C(O)c2ccc(F)c(Br)c2)o1. The molecule has 0 saturated heterocycles. The summed E-state index contributed by atoms with van der Waals surface area (Å²) >= 11 is 3.09. The molecule has 0 bridgehead atoms. The largest absolute Gasteiger partial charge is 0.463 e.